The third-order valence-electron chi connectivity index (χ3n) is 4.27. The highest BCUT2D eigenvalue weighted by molar-refractivity contribution is 8.18. The van der Waals surface area contributed by atoms with Gasteiger partial charge in [-0.3, -0.25) is 14.5 Å². The molecule has 0 aliphatic carbocycles. The Balaban J connectivity index is 1.82. The first-order valence-electron chi connectivity index (χ1n) is 8.92. The maximum absolute atomic E-state index is 13.8. The molecule has 2 amide bonds. The maximum Gasteiger partial charge on any atom is 0.293 e. The molecule has 158 valence electrons. The highest BCUT2D eigenvalue weighted by Gasteiger charge is 2.34. The molecule has 2 aromatic carbocycles. The molecule has 1 saturated heterocycles. The van der Waals surface area contributed by atoms with Gasteiger partial charge in [0.05, 0.1) is 30.2 Å². The van der Waals surface area contributed by atoms with E-state index in [9.17, 15) is 14.0 Å². The first-order chi connectivity index (χ1) is 14.4. The van der Waals surface area contributed by atoms with E-state index >= 15 is 0 Å². The number of methoxy groups -OCH3 is 2. The summed E-state index contributed by atoms with van der Waals surface area (Å²) in [6, 6.07) is 9.49. The monoisotopic (exact) mass is 451 g/mol. The highest BCUT2D eigenvalue weighted by Crippen LogP contribution is 2.39. The number of amides is 2. The largest absolute Gasteiger partial charge is 0.493 e. The second-order valence-corrected chi connectivity index (χ2v) is 7.64. The number of hydrogen-bond acceptors (Lipinski definition) is 6. The molecule has 0 bridgehead atoms. The number of rotatable bonds is 8. The number of imide groups is 1. The van der Waals surface area contributed by atoms with Gasteiger partial charge in [-0.05, 0) is 41.6 Å². The minimum Gasteiger partial charge on any atom is -0.493 e. The van der Waals surface area contributed by atoms with Crippen molar-refractivity contribution in [2.45, 2.75) is 6.61 Å². The van der Waals surface area contributed by atoms with Crippen LogP contribution in [0.25, 0.3) is 6.08 Å². The second kappa shape index (κ2) is 9.97. The molecule has 0 saturated carbocycles. The molecule has 1 fully saturated rings. The molecule has 1 aliphatic heterocycles. The van der Waals surface area contributed by atoms with Crippen molar-refractivity contribution in [2.24, 2.45) is 0 Å². The van der Waals surface area contributed by atoms with Crippen LogP contribution in [0.4, 0.5) is 9.18 Å². The number of benzene rings is 2. The summed E-state index contributed by atoms with van der Waals surface area (Å²) in [7, 11) is 2.95. The molecule has 0 radical (unpaired) electrons. The van der Waals surface area contributed by atoms with Gasteiger partial charge in [0.15, 0.2) is 11.5 Å². The van der Waals surface area contributed by atoms with Gasteiger partial charge in [-0.2, -0.15) is 0 Å². The van der Waals surface area contributed by atoms with E-state index in [1.165, 1.54) is 20.3 Å². The molecule has 1 aliphatic rings. The van der Waals surface area contributed by atoms with Gasteiger partial charge in [-0.25, -0.2) is 4.39 Å². The number of carbonyl (C=O) groups is 2. The summed E-state index contributed by atoms with van der Waals surface area (Å²) in [5.41, 5.74) is 0.941. The van der Waals surface area contributed by atoms with E-state index in [1.54, 1.807) is 36.4 Å². The Hall–Kier alpha value is -2.55. The van der Waals surface area contributed by atoms with Crippen molar-refractivity contribution in [2.75, 3.05) is 27.4 Å². The second-order valence-electron chi connectivity index (χ2n) is 6.24. The molecule has 9 heteroatoms. The SMILES string of the molecule is COCCN1C(=O)S/C(=C/c2cc(Cl)c(OCc3ccccc3F)c(OC)c2)C1=O. The van der Waals surface area contributed by atoms with Crippen LogP contribution in [0, 0.1) is 5.82 Å². The molecule has 3 rings (SSSR count). The minimum atomic E-state index is -0.392. The van der Waals surface area contributed by atoms with Gasteiger partial charge in [0.25, 0.3) is 11.1 Å². The fraction of sp³-hybridized carbons (Fsp3) is 0.238. The summed E-state index contributed by atoms with van der Waals surface area (Å²) >= 11 is 7.20. The predicted molar refractivity (Wildman–Crippen MR) is 113 cm³/mol. The van der Waals surface area contributed by atoms with E-state index < -0.39 is 5.91 Å². The summed E-state index contributed by atoms with van der Waals surface area (Å²) in [6.07, 6.45) is 1.56. The lowest BCUT2D eigenvalue weighted by Gasteiger charge is -2.14. The van der Waals surface area contributed by atoms with Crippen LogP contribution >= 0.6 is 23.4 Å². The molecule has 0 atom stereocenters. The first kappa shape index (κ1) is 22.1. The summed E-state index contributed by atoms with van der Waals surface area (Å²) in [4.78, 5) is 25.9. The van der Waals surface area contributed by atoms with Gasteiger partial charge in [0.2, 0.25) is 0 Å². The Kier molecular flexibility index (Phi) is 7.36. The zero-order valence-electron chi connectivity index (χ0n) is 16.3. The quantitative estimate of drug-likeness (QED) is 0.540. The molecule has 0 spiro atoms. The Bertz CT molecular complexity index is 997. The molecule has 0 N–H and O–H groups in total. The number of thioether (sulfide) groups is 1. The van der Waals surface area contributed by atoms with Gasteiger partial charge >= 0.3 is 0 Å². The molecule has 0 unspecified atom stereocenters. The number of nitrogens with zero attached hydrogens (tertiary/aromatic N) is 1. The summed E-state index contributed by atoms with van der Waals surface area (Å²) in [5, 5.41) is -0.123. The molecular weight excluding hydrogens is 433 g/mol. The van der Waals surface area contributed by atoms with Crippen LogP contribution in [0.3, 0.4) is 0 Å². The third-order valence-corrected chi connectivity index (χ3v) is 5.46. The van der Waals surface area contributed by atoms with Gasteiger partial charge in [-0.15, -0.1) is 0 Å². The lowest BCUT2D eigenvalue weighted by molar-refractivity contribution is -0.123. The van der Waals surface area contributed by atoms with E-state index in [4.69, 9.17) is 25.8 Å². The van der Waals surface area contributed by atoms with Crippen molar-refractivity contribution in [1.82, 2.24) is 4.90 Å². The standard InChI is InChI=1S/C21H19ClFNO5S/c1-27-8-7-24-20(25)18(30-21(24)26)11-13-9-15(22)19(17(10-13)28-2)29-12-14-5-3-4-6-16(14)23/h3-6,9-11H,7-8,12H2,1-2H3/b18-11+. The lowest BCUT2D eigenvalue weighted by atomic mass is 10.1. The van der Waals surface area contributed by atoms with Crippen molar-refractivity contribution in [3.8, 4) is 11.5 Å². The maximum atomic E-state index is 13.8. The number of halogens is 2. The van der Waals surface area contributed by atoms with Crippen molar-refractivity contribution in [1.29, 1.82) is 0 Å². The van der Waals surface area contributed by atoms with Crippen LogP contribution in [0.5, 0.6) is 11.5 Å². The number of hydrogen-bond donors (Lipinski definition) is 0. The van der Waals surface area contributed by atoms with E-state index in [0.717, 1.165) is 16.7 Å². The van der Waals surface area contributed by atoms with Crippen LogP contribution in [-0.2, 0) is 16.1 Å². The highest BCUT2D eigenvalue weighted by atomic mass is 35.5. The average Bonchev–Trinajstić information content (AvgIpc) is 2.99. The fourth-order valence-electron chi connectivity index (χ4n) is 2.76. The first-order valence-corrected chi connectivity index (χ1v) is 10.1. The van der Waals surface area contributed by atoms with Crippen LogP contribution in [0.1, 0.15) is 11.1 Å². The van der Waals surface area contributed by atoms with Crippen molar-refractivity contribution in [3.05, 3.63) is 63.3 Å². The van der Waals surface area contributed by atoms with Crippen LogP contribution in [-0.4, -0.2) is 43.4 Å². The van der Waals surface area contributed by atoms with Crippen molar-refractivity contribution < 1.29 is 28.2 Å². The number of ether oxygens (including phenoxy) is 3. The Morgan fingerprint density at radius 1 is 1.20 bits per heavy atom. The molecule has 0 aromatic heterocycles. The van der Waals surface area contributed by atoms with Gasteiger partial charge in [0.1, 0.15) is 12.4 Å². The normalized spacial score (nSPS) is 15.2. The van der Waals surface area contributed by atoms with E-state index in [0.29, 0.717) is 16.9 Å². The van der Waals surface area contributed by atoms with E-state index in [1.807, 2.05) is 0 Å². The molecule has 2 aromatic rings. The van der Waals surface area contributed by atoms with E-state index in [-0.39, 0.29) is 46.5 Å². The molecule has 30 heavy (non-hydrogen) atoms. The smallest absolute Gasteiger partial charge is 0.293 e. The fourth-order valence-corrected chi connectivity index (χ4v) is 3.89. The summed E-state index contributed by atoms with van der Waals surface area (Å²) in [5.74, 6) is -0.193. The average molecular weight is 452 g/mol. The topological polar surface area (TPSA) is 65.1 Å². The Morgan fingerprint density at radius 3 is 2.67 bits per heavy atom. The number of carbonyl (C=O) groups excluding carboxylic acids is 2. The lowest BCUT2D eigenvalue weighted by Crippen LogP contribution is -2.31. The zero-order chi connectivity index (χ0) is 21.7. The van der Waals surface area contributed by atoms with Crippen molar-refractivity contribution >= 4 is 40.6 Å². The van der Waals surface area contributed by atoms with Crippen molar-refractivity contribution in [3.63, 3.8) is 0 Å². The zero-order valence-corrected chi connectivity index (χ0v) is 17.9. The summed E-state index contributed by atoms with van der Waals surface area (Å²) in [6.45, 7) is 0.422. The molecular formula is C21H19ClFNO5S. The molecule has 1 heterocycles. The third kappa shape index (κ3) is 4.95. The predicted octanol–water partition coefficient (Wildman–Crippen LogP) is 4.75. The Morgan fingerprint density at radius 2 is 1.97 bits per heavy atom. The molecule has 6 nitrogen and oxygen atoms in total. The van der Waals surface area contributed by atoms with Crippen LogP contribution in [0.15, 0.2) is 41.3 Å². The van der Waals surface area contributed by atoms with E-state index in [2.05, 4.69) is 0 Å². The minimum absolute atomic E-state index is 0.0273. The van der Waals surface area contributed by atoms with Gasteiger partial charge in [0, 0.05) is 12.7 Å². The Labute approximate surface area is 182 Å². The van der Waals surface area contributed by atoms with Crippen LogP contribution in [0.2, 0.25) is 5.02 Å². The van der Waals surface area contributed by atoms with Gasteiger partial charge in [-0.1, -0.05) is 29.8 Å². The van der Waals surface area contributed by atoms with Crippen LogP contribution < -0.4 is 9.47 Å². The summed E-state index contributed by atoms with van der Waals surface area (Å²) < 4.78 is 29.8. The van der Waals surface area contributed by atoms with Gasteiger partial charge < -0.3 is 14.2 Å².